The van der Waals surface area contributed by atoms with E-state index < -0.39 is 0 Å². The summed E-state index contributed by atoms with van der Waals surface area (Å²) in [5.74, 6) is 0.557. The topological polar surface area (TPSA) is 33.5 Å². The van der Waals surface area contributed by atoms with Crippen molar-refractivity contribution in [3.63, 3.8) is 0 Å². The second-order valence-corrected chi connectivity index (χ2v) is 5.86. The van der Waals surface area contributed by atoms with Crippen molar-refractivity contribution in [2.24, 2.45) is 0 Å². The van der Waals surface area contributed by atoms with Crippen LogP contribution >= 0.6 is 22.9 Å². The summed E-state index contributed by atoms with van der Waals surface area (Å²) in [4.78, 5) is 14.9. The fraction of sp³-hybridized carbons (Fsp3) is 0.133. The normalized spacial score (nSPS) is 10.8. The number of carbonyl (C=O) groups excluding carboxylic acids is 1. The van der Waals surface area contributed by atoms with Gasteiger partial charge in [0, 0.05) is 17.5 Å². The number of hydrogen-bond donors (Lipinski definition) is 0. The highest BCUT2D eigenvalue weighted by Gasteiger charge is 2.11. The predicted octanol–water partition coefficient (Wildman–Crippen LogP) is 4.22. The summed E-state index contributed by atoms with van der Waals surface area (Å²) in [6.07, 6.45) is 6.42. The number of hydrogen-bond acceptors (Lipinski definition) is 3. The zero-order chi connectivity index (χ0) is 14.4. The van der Waals surface area contributed by atoms with Gasteiger partial charge >= 0.3 is 0 Å². The van der Waals surface area contributed by atoms with Crippen molar-refractivity contribution >= 4 is 34.9 Å². The van der Waals surface area contributed by atoms with Gasteiger partial charge in [-0.25, -0.2) is 0 Å². The van der Waals surface area contributed by atoms with E-state index in [0.29, 0.717) is 18.8 Å². The van der Waals surface area contributed by atoms with Crippen LogP contribution in [0.5, 0.6) is 0 Å². The lowest BCUT2D eigenvalue weighted by Crippen LogP contribution is -2.28. The maximum absolute atomic E-state index is 12.2. The number of carbonyl (C=O) groups is 1. The molecule has 2 aromatic rings. The van der Waals surface area contributed by atoms with Crippen LogP contribution in [0.3, 0.4) is 0 Å². The van der Waals surface area contributed by atoms with Crippen molar-refractivity contribution in [2.45, 2.75) is 6.54 Å². The first-order valence-corrected chi connectivity index (χ1v) is 7.24. The van der Waals surface area contributed by atoms with Crippen LogP contribution in [-0.2, 0) is 11.3 Å². The van der Waals surface area contributed by atoms with Gasteiger partial charge in [0.2, 0.25) is 5.91 Å². The van der Waals surface area contributed by atoms with Gasteiger partial charge in [-0.1, -0.05) is 17.7 Å². The van der Waals surface area contributed by atoms with Gasteiger partial charge < -0.3 is 9.32 Å². The predicted molar refractivity (Wildman–Crippen MR) is 82.7 cm³/mol. The average molecular weight is 308 g/mol. The van der Waals surface area contributed by atoms with E-state index in [1.165, 1.54) is 17.4 Å². The minimum absolute atomic E-state index is 0.0918. The molecule has 0 fully saturated rings. The summed E-state index contributed by atoms with van der Waals surface area (Å²) >= 11 is 7.37. The van der Waals surface area contributed by atoms with Crippen LogP contribution in [-0.4, -0.2) is 17.4 Å². The van der Waals surface area contributed by atoms with Crippen molar-refractivity contribution in [2.75, 3.05) is 6.54 Å². The van der Waals surface area contributed by atoms with Crippen LogP contribution in [0.2, 0.25) is 4.34 Å². The van der Waals surface area contributed by atoms with Gasteiger partial charge in [0.1, 0.15) is 5.76 Å². The molecule has 0 unspecified atom stereocenters. The van der Waals surface area contributed by atoms with Crippen molar-refractivity contribution in [1.29, 1.82) is 0 Å². The van der Waals surface area contributed by atoms with Gasteiger partial charge in [-0.05, 0) is 30.3 Å². The molecule has 0 aromatic carbocycles. The highest BCUT2D eigenvalue weighted by Crippen LogP contribution is 2.22. The lowest BCUT2D eigenvalue weighted by Gasteiger charge is -2.18. The Bertz CT molecular complexity index is 601. The third kappa shape index (κ3) is 4.11. The lowest BCUT2D eigenvalue weighted by molar-refractivity contribution is -0.126. The SMILES string of the molecule is C=CCN(Cc1ccc(Cl)s1)C(=O)/C=C/c1ccco1. The maximum atomic E-state index is 12.2. The van der Waals surface area contributed by atoms with Crippen LogP contribution in [0, 0.1) is 0 Å². The second kappa shape index (κ2) is 7.12. The van der Waals surface area contributed by atoms with E-state index >= 15 is 0 Å². The lowest BCUT2D eigenvalue weighted by atomic mass is 10.3. The minimum atomic E-state index is -0.0918. The van der Waals surface area contributed by atoms with Crippen molar-refractivity contribution in [3.05, 3.63) is 64.2 Å². The largest absolute Gasteiger partial charge is 0.465 e. The van der Waals surface area contributed by atoms with Gasteiger partial charge in [0.25, 0.3) is 0 Å². The molecule has 5 heteroatoms. The van der Waals surface area contributed by atoms with Crippen LogP contribution in [0.4, 0.5) is 0 Å². The molecule has 3 nitrogen and oxygen atoms in total. The van der Waals surface area contributed by atoms with Crippen LogP contribution in [0.15, 0.2) is 53.7 Å². The first-order valence-electron chi connectivity index (χ1n) is 6.04. The third-order valence-corrected chi connectivity index (χ3v) is 3.79. The molecular formula is C15H14ClNO2S. The van der Waals surface area contributed by atoms with Gasteiger partial charge in [0.05, 0.1) is 17.1 Å². The van der Waals surface area contributed by atoms with E-state index in [4.69, 9.17) is 16.0 Å². The van der Waals surface area contributed by atoms with Crippen LogP contribution in [0.1, 0.15) is 10.6 Å². The number of rotatable bonds is 6. The molecule has 0 saturated heterocycles. The number of amides is 1. The molecule has 0 N–H and O–H groups in total. The van der Waals surface area contributed by atoms with Gasteiger partial charge in [0.15, 0.2) is 0 Å². The Hall–Kier alpha value is -1.78. The van der Waals surface area contributed by atoms with E-state index in [1.54, 1.807) is 35.4 Å². The van der Waals surface area contributed by atoms with Crippen molar-refractivity contribution < 1.29 is 9.21 Å². The Kier molecular flexibility index (Phi) is 5.21. The van der Waals surface area contributed by atoms with Gasteiger partial charge in [-0.15, -0.1) is 17.9 Å². The monoisotopic (exact) mass is 307 g/mol. The number of halogens is 1. The third-order valence-electron chi connectivity index (χ3n) is 2.57. The zero-order valence-corrected chi connectivity index (χ0v) is 12.4. The van der Waals surface area contributed by atoms with Gasteiger partial charge in [-0.2, -0.15) is 0 Å². The quantitative estimate of drug-likeness (QED) is 0.591. The highest BCUT2D eigenvalue weighted by atomic mass is 35.5. The van der Waals surface area contributed by atoms with Crippen molar-refractivity contribution in [3.8, 4) is 0 Å². The summed E-state index contributed by atoms with van der Waals surface area (Å²) in [6.45, 7) is 4.68. The Morgan fingerprint density at radius 3 is 2.90 bits per heavy atom. The Morgan fingerprint density at radius 2 is 2.30 bits per heavy atom. The molecule has 2 heterocycles. The van der Waals surface area contributed by atoms with E-state index in [2.05, 4.69) is 6.58 Å². The van der Waals surface area contributed by atoms with E-state index in [0.717, 1.165) is 9.21 Å². The molecule has 0 saturated carbocycles. The molecule has 0 spiro atoms. The molecule has 2 rings (SSSR count). The standard InChI is InChI=1S/C15H14ClNO2S/c1-2-9-17(11-13-6-7-14(16)20-13)15(18)8-5-12-4-3-10-19-12/h2-8,10H,1,9,11H2/b8-5+. The molecular weight excluding hydrogens is 294 g/mol. The summed E-state index contributed by atoms with van der Waals surface area (Å²) in [5.41, 5.74) is 0. The fourth-order valence-corrected chi connectivity index (χ4v) is 2.76. The Balaban J connectivity index is 2.03. The molecule has 1 amide bonds. The Labute approximate surface area is 126 Å². The molecule has 20 heavy (non-hydrogen) atoms. The summed E-state index contributed by atoms with van der Waals surface area (Å²) in [7, 11) is 0. The summed E-state index contributed by atoms with van der Waals surface area (Å²) in [6, 6.07) is 7.32. The number of furan rings is 1. The second-order valence-electron chi connectivity index (χ2n) is 4.06. The van der Waals surface area contributed by atoms with E-state index in [-0.39, 0.29) is 5.91 Å². The average Bonchev–Trinajstić information content (AvgIpc) is 3.07. The Morgan fingerprint density at radius 1 is 1.45 bits per heavy atom. The number of nitrogens with zero attached hydrogens (tertiary/aromatic N) is 1. The highest BCUT2D eigenvalue weighted by molar-refractivity contribution is 7.16. The van der Waals surface area contributed by atoms with Crippen LogP contribution in [0.25, 0.3) is 6.08 Å². The molecule has 0 bridgehead atoms. The minimum Gasteiger partial charge on any atom is -0.465 e. The summed E-state index contributed by atoms with van der Waals surface area (Å²) < 4.78 is 5.87. The molecule has 0 aliphatic rings. The maximum Gasteiger partial charge on any atom is 0.247 e. The fourth-order valence-electron chi connectivity index (χ4n) is 1.66. The molecule has 104 valence electrons. The zero-order valence-electron chi connectivity index (χ0n) is 10.8. The summed E-state index contributed by atoms with van der Waals surface area (Å²) in [5, 5.41) is 0. The number of thiophene rings is 1. The molecule has 0 atom stereocenters. The smallest absolute Gasteiger partial charge is 0.247 e. The van der Waals surface area contributed by atoms with E-state index in [1.807, 2.05) is 12.1 Å². The van der Waals surface area contributed by atoms with Crippen molar-refractivity contribution in [1.82, 2.24) is 4.90 Å². The first-order chi connectivity index (χ1) is 9.69. The molecule has 2 aromatic heterocycles. The molecule has 0 aliphatic heterocycles. The van der Waals surface area contributed by atoms with E-state index in [9.17, 15) is 4.79 Å². The first kappa shape index (κ1) is 14.6. The van der Waals surface area contributed by atoms with Crippen LogP contribution < -0.4 is 0 Å². The molecule has 0 radical (unpaired) electrons. The molecule has 0 aliphatic carbocycles. The van der Waals surface area contributed by atoms with Gasteiger partial charge in [-0.3, -0.25) is 4.79 Å².